The van der Waals surface area contributed by atoms with Crippen molar-refractivity contribution in [1.82, 2.24) is 24.1 Å². The van der Waals surface area contributed by atoms with Gasteiger partial charge in [-0.05, 0) is 60.7 Å². The molecule has 4 heterocycles. The lowest BCUT2D eigenvalue weighted by Crippen LogP contribution is -2.01. The van der Waals surface area contributed by atoms with Crippen LogP contribution in [0.3, 0.4) is 0 Å². The van der Waals surface area contributed by atoms with Crippen molar-refractivity contribution in [3.8, 4) is 45.5 Å². The molecule has 0 amide bonds. The van der Waals surface area contributed by atoms with E-state index in [2.05, 4.69) is 117 Å². The van der Waals surface area contributed by atoms with Crippen LogP contribution in [0, 0.1) is 6.57 Å². The maximum atomic E-state index is 8.39. The molecule has 8 aromatic carbocycles. The molecule has 0 aliphatic carbocycles. The van der Waals surface area contributed by atoms with Gasteiger partial charge in [-0.3, -0.25) is 0 Å². The molecule has 0 atom stereocenters. The number of hydrogen-bond donors (Lipinski definition) is 0. The van der Waals surface area contributed by atoms with E-state index in [1.165, 1.54) is 0 Å². The van der Waals surface area contributed by atoms with Gasteiger partial charge in [0.05, 0.1) is 39.4 Å². The van der Waals surface area contributed by atoms with Crippen LogP contribution in [0.15, 0.2) is 186 Å². The van der Waals surface area contributed by atoms with E-state index in [-0.39, 0.29) is 0 Å². The summed E-state index contributed by atoms with van der Waals surface area (Å²) in [5.74, 6) is 1.55. The highest BCUT2D eigenvalue weighted by molar-refractivity contribution is 6.29. The molecule has 12 aromatic rings. The summed E-state index contributed by atoms with van der Waals surface area (Å²) in [7, 11) is 0. The summed E-state index contributed by atoms with van der Waals surface area (Å²) in [4.78, 5) is 18.8. The van der Waals surface area contributed by atoms with Crippen molar-refractivity contribution in [3.63, 3.8) is 0 Å². The van der Waals surface area contributed by atoms with Gasteiger partial charge in [0.1, 0.15) is 11.2 Å². The van der Waals surface area contributed by atoms with Gasteiger partial charge in [0.25, 0.3) is 0 Å². The lowest BCUT2D eigenvalue weighted by Gasteiger charge is -2.12. The minimum absolute atomic E-state index is 0.444. The van der Waals surface area contributed by atoms with Gasteiger partial charge in [0.2, 0.25) is 0 Å². The maximum absolute atomic E-state index is 8.39. The van der Waals surface area contributed by atoms with E-state index in [4.69, 9.17) is 25.9 Å². The smallest absolute Gasteiger partial charge is 0.200 e. The topological polar surface area (TPSA) is 66.0 Å². The number of nitrogens with zero attached hydrogens (tertiary/aromatic N) is 6. The van der Waals surface area contributed by atoms with Crippen LogP contribution in [0.2, 0.25) is 0 Å². The molecular formula is C52H30N6O. The molecule has 59 heavy (non-hydrogen) atoms. The molecule has 4 aromatic heterocycles. The van der Waals surface area contributed by atoms with Crippen LogP contribution in [0.25, 0.3) is 116 Å². The van der Waals surface area contributed by atoms with E-state index in [9.17, 15) is 0 Å². The first-order valence-corrected chi connectivity index (χ1v) is 19.5. The lowest BCUT2D eigenvalue weighted by atomic mass is 10.1. The second-order valence-corrected chi connectivity index (χ2v) is 14.7. The Hall–Kier alpha value is -8.34. The number of hydrogen-bond acceptors (Lipinski definition) is 4. The van der Waals surface area contributed by atoms with Gasteiger partial charge >= 0.3 is 0 Å². The Morgan fingerprint density at radius 2 is 0.881 bits per heavy atom. The molecule has 0 saturated carbocycles. The van der Waals surface area contributed by atoms with Crippen molar-refractivity contribution in [3.05, 3.63) is 193 Å². The Morgan fingerprint density at radius 3 is 1.42 bits per heavy atom. The summed E-state index contributed by atoms with van der Waals surface area (Å²) in [5.41, 5.74) is 10.7. The first-order chi connectivity index (χ1) is 29.2. The second kappa shape index (κ2) is 12.8. The fourth-order valence-corrected chi connectivity index (χ4v) is 8.80. The monoisotopic (exact) mass is 754 g/mol. The Bertz CT molecular complexity index is 3610. The van der Waals surface area contributed by atoms with E-state index >= 15 is 0 Å². The largest absolute Gasteiger partial charge is 0.455 e. The standard InChI is InChI=1S/C52H30N6O/c1-53-41-31-35(25-26-38(41)52-55-50(32-15-5-2-6-16-32)54-51(56-52)33-17-7-3-8-18-33)58-43-24-14-12-22-40(43)47-45(58)30-28-37-36-27-29-44-46(48(36)59-49(37)47)39-21-11-13-23-42(39)57(44)34-19-9-4-10-20-34/h2-31H. The van der Waals surface area contributed by atoms with E-state index in [1.54, 1.807) is 0 Å². The zero-order valence-corrected chi connectivity index (χ0v) is 31.4. The molecule has 12 rings (SSSR count). The van der Waals surface area contributed by atoms with E-state index in [0.29, 0.717) is 28.7 Å². The normalized spacial score (nSPS) is 11.7. The van der Waals surface area contributed by atoms with E-state index < -0.39 is 0 Å². The van der Waals surface area contributed by atoms with Gasteiger partial charge in [-0.2, -0.15) is 0 Å². The molecule has 0 spiro atoms. The third-order valence-electron chi connectivity index (χ3n) is 11.4. The number of rotatable bonds is 5. The zero-order chi connectivity index (χ0) is 39.0. The Labute approximate surface area is 337 Å². The number of aromatic nitrogens is 5. The lowest BCUT2D eigenvalue weighted by molar-refractivity contribution is 0.677. The van der Waals surface area contributed by atoms with Crippen molar-refractivity contribution < 1.29 is 4.42 Å². The van der Waals surface area contributed by atoms with Crippen LogP contribution < -0.4 is 0 Å². The highest BCUT2D eigenvalue weighted by atomic mass is 16.3. The van der Waals surface area contributed by atoms with Gasteiger partial charge in [-0.25, -0.2) is 19.8 Å². The van der Waals surface area contributed by atoms with Crippen LogP contribution in [-0.2, 0) is 0 Å². The highest BCUT2D eigenvalue weighted by Gasteiger charge is 2.23. The highest BCUT2D eigenvalue weighted by Crippen LogP contribution is 2.45. The summed E-state index contributed by atoms with van der Waals surface area (Å²) in [5, 5.41) is 6.47. The molecule has 7 heteroatoms. The molecule has 0 bridgehead atoms. The summed E-state index contributed by atoms with van der Waals surface area (Å²) in [6.45, 7) is 8.39. The molecule has 0 radical (unpaired) electrons. The molecule has 274 valence electrons. The van der Waals surface area contributed by atoms with Gasteiger partial charge < -0.3 is 13.6 Å². The van der Waals surface area contributed by atoms with E-state index in [1.807, 2.05) is 78.9 Å². The fourth-order valence-electron chi connectivity index (χ4n) is 8.80. The Balaban J connectivity index is 1.07. The molecular weight excluding hydrogens is 725 g/mol. The molecule has 0 aliphatic heterocycles. The average molecular weight is 755 g/mol. The van der Waals surface area contributed by atoms with Crippen LogP contribution >= 0.6 is 0 Å². The first-order valence-electron chi connectivity index (χ1n) is 19.5. The SMILES string of the molecule is [C-]#[N+]c1cc(-n2c3ccccc3c3c4oc5c(ccc6c5c5ccccc5n6-c5ccccc5)c4ccc32)ccc1-c1nc(-c2ccccc2)nc(-c2ccccc2)n1. The van der Waals surface area contributed by atoms with Crippen LogP contribution in [0.4, 0.5) is 5.69 Å². The number of furan rings is 1. The molecule has 0 saturated heterocycles. The van der Waals surface area contributed by atoms with Crippen molar-refractivity contribution in [2.45, 2.75) is 0 Å². The summed E-state index contributed by atoms with van der Waals surface area (Å²) < 4.78 is 11.7. The van der Waals surface area contributed by atoms with Crippen molar-refractivity contribution in [2.75, 3.05) is 0 Å². The van der Waals surface area contributed by atoms with Gasteiger partial charge in [0, 0.05) is 49.6 Å². The van der Waals surface area contributed by atoms with Gasteiger partial charge in [0.15, 0.2) is 23.2 Å². The van der Waals surface area contributed by atoms with Crippen molar-refractivity contribution in [1.29, 1.82) is 0 Å². The number of fused-ring (bicyclic) bond motifs is 11. The van der Waals surface area contributed by atoms with Crippen LogP contribution in [0.1, 0.15) is 0 Å². The number of benzene rings is 8. The molecule has 0 N–H and O–H groups in total. The zero-order valence-electron chi connectivity index (χ0n) is 31.4. The van der Waals surface area contributed by atoms with Crippen LogP contribution in [0.5, 0.6) is 0 Å². The van der Waals surface area contributed by atoms with E-state index in [0.717, 1.165) is 88.1 Å². The molecule has 0 fully saturated rings. The van der Waals surface area contributed by atoms with Crippen molar-refractivity contribution in [2.24, 2.45) is 0 Å². The van der Waals surface area contributed by atoms with Gasteiger partial charge in [-0.1, -0.05) is 121 Å². The van der Waals surface area contributed by atoms with Gasteiger partial charge in [-0.15, -0.1) is 0 Å². The molecule has 0 unspecified atom stereocenters. The summed E-state index contributed by atoms with van der Waals surface area (Å²) in [6, 6.07) is 61.9. The second-order valence-electron chi connectivity index (χ2n) is 14.7. The molecule has 7 nitrogen and oxygen atoms in total. The third kappa shape index (κ3) is 4.97. The Morgan fingerprint density at radius 1 is 0.407 bits per heavy atom. The van der Waals surface area contributed by atoms with Crippen molar-refractivity contribution >= 4 is 71.2 Å². The predicted molar refractivity (Wildman–Crippen MR) is 238 cm³/mol. The number of para-hydroxylation sites is 3. The molecule has 0 aliphatic rings. The average Bonchev–Trinajstić information content (AvgIpc) is 3.97. The fraction of sp³-hybridized carbons (Fsp3) is 0. The minimum atomic E-state index is 0.444. The van der Waals surface area contributed by atoms with Crippen LogP contribution in [-0.4, -0.2) is 24.1 Å². The summed E-state index contributed by atoms with van der Waals surface area (Å²) >= 11 is 0. The first kappa shape index (κ1) is 32.9. The maximum Gasteiger partial charge on any atom is 0.200 e. The quantitative estimate of drug-likeness (QED) is 0.164. The minimum Gasteiger partial charge on any atom is -0.455 e. The third-order valence-corrected chi connectivity index (χ3v) is 11.4. The summed E-state index contributed by atoms with van der Waals surface area (Å²) in [6.07, 6.45) is 0. The Kier molecular flexibility index (Phi) is 7.16. The predicted octanol–water partition coefficient (Wildman–Crippen LogP) is 13.5.